The molecule has 2 nitrogen and oxygen atoms in total. The molecular formula is C6H5BrClNO. The minimum Gasteiger partial charge on any atom is -0.325 e. The standard InChI is InChI=1S/C6H5BrClNO/c7-3-5-1-4(8)2-6(10)9-5/h1-2H,3H2,(H,9,10). The van der Waals surface area contributed by atoms with E-state index in [4.69, 9.17) is 11.6 Å². The van der Waals surface area contributed by atoms with Gasteiger partial charge in [0.1, 0.15) is 0 Å². The third-order valence-corrected chi connectivity index (χ3v) is 1.83. The SMILES string of the molecule is O=c1cc(Cl)cc(CBr)[nH]1. The Morgan fingerprint density at radius 2 is 2.30 bits per heavy atom. The summed E-state index contributed by atoms with van der Waals surface area (Å²) >= 11 is 8.79. The summed E-state index contributed by atoms with van der Waals surface area (Å²) in [7, 11) is 0. The van der Waals surface area contributed by atoms with E-state index in [1.807, 2.05) is 0 Å². The van der Waals surface area contributed by atoms with Crippen LogP contribution in [-0.4, -0.2) is 4.98 Å². The summed E-state index contributed by atoms with van der Waals surface area (Å²) in [6.45, 7) is 0. The molecule has 0 aromatic carbocycles. The predicted octanol–water partition coefficient (Wildman–Crippen LogP) is 1.92. The van der Waals surface area contributed by atoms with Gasteiger partial charge in [0.2, 0.25) is 5.56 Å². The van der Waals surface area contributed by atoms with Crippen LogP contribution in [0.15, 0.2) is 16.9 Å². The number of hydrogen-bond donors (Lipinski definition) is 1. The third-order valence-electron chi connectivity index (χ3n) is 1.01. The van der Waals surface area contributed by atoms with Gasteiger partial charge in [0, 0.05) is 22.1 Å². The Balaban J connectivity index is 3.19. The lowest BCUT2D eigenvalue weighted by molar-refractivity contribution is 1.13. The lowest BCUT2D eigenvalue weighted by Crippen LogP contribution is -2.05. The molecule has 4 heteroatoms. The average molecular weight is 222 g/mol. The number of rotatable bonds is 1. The zero-order valence-corrected chi connectivity index (χ0v) is 7.37. The molecular weight excluding hydrogens is 217 g/mol. The molecule has 0 unspecified atom stereocenters. The zero-order chi connectivity index (χ0) is 7.56. The van der Waals surface area contributed by atoms with Crippen molar-refractivity contribution in [3.05, 3.63) is 33.2 Å². The average Bonchev–Trinajstić information content (AvgIpc) is 1.85. The maximum atomic E-state index is 10.7. The topological polar surface area (TPSA) is 32.9 Å². The van der Waals surface area contributed by atoms with Gasteiger partial charge in [0.25, 0.3) is 0 Å². The molecule has 54 valence electrons. The van der Waals surface area contributed by atoms with Crippen molar-refractivity contribution >= 4 is 27.5 Å². The van der Waals surface area contributed by atoms with Crippen LogP contribution in [-0.2, 0) is 5.33 Å². The van der Waals surface area contributed by atoms with Crippen molar-refractivity contribution in [1.29, 1.82) is 0 Å². The second-order valence-corrected chi connectivity index (χ2v) is 2.82. The van der Waals surface area contributed by atoms with Gasteiger partial charge >= 0.3 is 0 Å². The number of alkyl halides is 1. The van der Waals surface area contributed by atoms with Crippen molar-refractivity contribution in [3.63, 3.8) is 0 Å². The zero-order valence-electron chi connectivity index (χ0n) is 5.03. The van der Waals surface area contributed by atoms with E-state index in [0.29, 0.717) is 10.4 Å². The van der Waals surface area contributed by atoms with Gasteiger partial charge in [-0.1, -0.05) is 27.5 Å². The summed E-state index contributed by atoms with van der Waals surface area (Å²) in [6, 6.07) is 3.05. The lowest BCUT2D eigenvalue weighted by Gasteiger charge is -1.93. The van der Waals surface area contributed by atoms with E-state index in [-0.39, 0.29) is 5.56 Å². The molecule has 1 N–H and O–H groups in total. The molecule has 1 aromatic heterocycles. The highest BCUT2D eigenvalue weighted by Crippen LogP contribution is 2.07. The van der Waals surface area contributed by atoms with E-state index in [1.165, 1.54) is 6.07 Å². The van der Waals surface area contributed by atoms with Crippen LogP contribution in [0.4, 0.5) is 0 Å². The third kappa shape index (κ3) is 1.85. The van der Waals surface area contributed by atoms with Crippen LogP contribution < -0.4 is 5.56 Å². The first kappa shape index (κ1) is 7.82. The summed E-state index contributed by atoms with van der Waals surface area (Å²) in [5.41, 5.74) is 0.624. The fourth-order valence-corrected chi connectivity index (χ4v) is 1.17. The largest absolute Gasteiger partial charge is 0.325 e. The molecule has 0 atom stereocenters. The molecule has 1 rings (SSSR count). The minimum absolute atomic E-state index is 0.165. The number of pyridine rings is 1. The van der Waals surface area contributed by atoms with E-state index < -0.39 is 0 Å². The Hall–Kier alpha value is -0.280. The first-order valence-electron chi connectivity index (χ1n) is 2.67. The quantitative estimate of drug-likeness (QED) is 0.724. The van der Waals surface area contributed by atoms with E-state index >= 15 is 0 Å². The van der Waals surface area contributed by atoms with E-state index in [1.54, 1.807) is 6.07 Å². The van der Waals surface area contributed by atoms with Gasteiger partial charge < -0.3 is 4.98 Å². The van der Waals surface area contributed by atoms with Crippen molar-refractivity contribution < 1.29 is 0 Å². The summed E-state index contributed by atoms with van der Waals surface area (Å²) in [6.07, 6.45) is 0. The Kier molecular flexibility index (Phi) is 2.51. The molecule has 10 heavy (non-hydrogen) atoms. The van der Waals surface area contributed by atoms with Crippen molar-refractivity contribution in [2.24, 2.45) is 0 Å². The molecule has 1 heterocycles. The van der Waals surface area contributed by atoms with Gasteiger partial charge in [-0.05, 0) is 6.07 Å². The molecule has 0 radical (unpaired) electrons. The van der Waals surface area contributed by atoms with Crippen LogP contribution >= 0.6 is 27.5 Å². The molecule has 0 amide bonds. The highest BCUT2D eigenvalue weighted by atomic mass is 79.9. The molecule has 0 aliphatic carbocycles. The van der Waals surface area contributed by atoms with E-state index in [9.17, 15) is 4.79 Å². The molecule has 1 aromatic rings. The van der Waals surface area contributed by atoms with Crippen molar-refractivity contribution in [1.82, 2.24) is 4.98 Å². The maximum Gasteiger partial charge on any atom is 0.249 e. The molecule has 0 saturated carbocycles. The monoisotopic (exact) mass is 221 g/mol. The van der Waals surface area contributed by atoms with Crippen molar-refractivity contribution in [3.8, 4) is 0 Å². The van der Waals surface area contributed by atoms with Crippen LogP contribution in [0, 0.1) is 0 Å². The van der Waals surface area contributed by atoms with Gasteiger partial charge in [-0.3, -0.25) is 4.79 Å². The van der Waals surface area contributed by atoms with Gasteiger partial charge in [-0.15, -0.1) is 0 Å². The minimum atomic E-state index is -0.165. The Labute approximate surface area is 71.3 Å². The fourth-order valence-electron chi connectivity index (χ4n) is 0.636. The smallest absolute Gasteiger partial charge is 0.249 e. The molecule has 0 fully saturated rings. The Morgan fingerprint density at radius 1 is 1.60 bits per heavy atom. The highest BCUT2D eigenvalue weighted by Gasteiger charge is 1.93. The Morgan fingerprint density at radius 3 is 2.80 bits per heavy atom. The summed E-state index contributed by atoms with van der Waals surface area (Å²) in [5.74, 6) is 0. The van der Waals surface area contributed by atoms with Gasteiger partial charge in [-0.2, -0.15) is 0 Å². The first-order chi connectivity index (χ1) is 4.72. The van der Waals surface area contributed by atoms with Crippen LogP contribution in [0.2, 0.25) is 5.02 Å². The Bertz CT molecular complexity index is 283. The number of halogens is 2. The number of nitrogens with one attached hydrogen (secondary N) is 1. The molecule has 0 saturated heterocycles. The summed E-state index contributed by atoms with van der Waals surface area (Å²) in [4.78, 5) is 13.3. The van der Waals surface area contributed by atoms with Gasteiger partial charge in [0.05, 0.1) is 0 Å². The summed E-state index contributed by atoms with van der Waals surface area (Å²) in [5, 5.41) is 1.08. The van der Waals surface area contributed by atoms with Crippen molar-refractivity contribution in [2.45, 2.75) is 5.33 Å². The lowest BCUT2D eigenvalue weighted by atomic mass is 10.4. The van der Waals surface area contributed by atoms with Gasteiger partial charge in [0.15, 0.2) is 0 Å². The highest BCUT2D eigenvalue weighted by molar-refractivity contribution is 9.08. The van der Waals surface area contributed by atoms with Crippen LogP contribution in [0.5, 0.6) is 0 Å². The maximum absolute atomic E-state index is 10.7. The summed E-state index contributed by atoms with van der Waals surface area (Å²) < 4.78 is 0. The molecule has 0 bridgehead atoms. The van der Waals surface area contributed by atoms with E-state index in [2.05, 4.69) is 20.9 Å². The van der Waals surface area contributed by atoms with Crippen molar-refractivity contribution in [2.75, 3.05) is 0 Å². The fraction of sp³-hybridized carbons (Fsp3) is 0.167. The van der Waals surface area contributed by atoms with E-state index in [0.717, 1.165) is 5.69 Å². The number of H-pyrrole nitrogens is 1. The normalized spacial score (nSPS) is 9.80. The van der Waals surface area contributed by atoms with Crippen LogP contribution in [0.25, 0.3) is 0 Å². The van der Waals surface area contributed by atoms with Gasteiger partial charge in [-0.25, -0.2) is 0 Å². The second-order valence-electron chi connectivity index (χ2n) is 1.82. The molecule has 0 aliphatic heterocycles. The first-order valence-corrected chi connectivity index (χ1v) is 4.17. The predicted molar refractivity (Wildman–Crippen MR) is 44.7 cm³/mol. The second kappa shape index (κ2) is 3.21. The molecule has 0 aliphatic rings. The molecule has 0 spiro atoms. The van der Waals surface area contributed by atoms with Crippen LogP contribution in [0.3, 0.4) is 0 Å². The number of aromatic amines is 1. The number of hydrogen-bond acceptors (Lipinski definition) is 1. The van der Waals surface area contributed by atoms with Crippen LogP contribution in [0.1, 0.15) is 5.69 Å². The number of aromatic nitrogens is 1.